The molecule has 1 fully saturated rings. The van der Waals surface area contributed by atoms with Gasteiger partial charge in [0.25, 0.3) is 5.56 Å². The molecule has 0 radical (unpaired) electrons. The van der Waals surface area contributed by atoms with Crippen LogP contribution in [0.25, 0.3) is 0 Å². The number of rotatable bonds is 5. The number of hydrogen-bond acceptors (Lipinski definition) is 5. The number of hydrogen-bond donors (Lipinski definition) is 5. The lowest BCUT2D eigenvalue weighted by Crippen LogP contribution is -2.25. The average Bonchev–Trinajstić information content (AvgIpc) is 2.93. The zero-order valence-electron chi connectivity index (χ0n) is 11.2. The minimum Gasteiger partial charge on any atom is -0.404 e. The van der Waals surface area contributed by atoms with Gasteiger partial charge in [-0.15, -0.1) is 0 Å². The molecule has 1 aliphatic carbocycles. The first-order valence-corrected chi connectivity index (χ1v) is 6.67. The number of nitrogens with two attached hydrogens (primary N) is 1. The van der Waals surface area contributed by atoms with Crippen molar-refractivity contribution in [3.05, 3.63) is 40.0 Å². The fraction of sp³-hybridized carbons (Fsp3) is 0.357. The first-order chi connectivity index (χ1) is 9.67. The predicted molar refractivity (Wildman–Crippen MR) is 80.8 cm³/mol. The minimum atomic E-state index is -0.348. The number of anilines is 1. The van der Waals surface area contributed by atoms with Crippen LogP contribution in [0.5, 0.6) is 0 Å². The first-order valence-electron chi connectivity index (χ1n) is 6.67. The Kier molecular flexibility index (Phi) is 4.34. The molecule has 106 valence electrons. The van der Waals surface area contributed by atoms with Crippen LogP contribution in [0.4, 0.5) is 5.69 Å². The van der Waals surface area contributed by atoms with E-state index in [4.69, 9.17) is 16.6 Å². The van der Waals surface area contributed by atoms with Crippen molar-refractivity contribution in [2.75, 3.05) is 5.32 Å². The molecule has 1 aromatic rings. The molecule has 2 rings (SSSR count). The van der Waals surface area contributed by atoms with Gasteiger partial charge in [0.1, 0.15) is 0 Å². The summed E-state index contributed by atoms with van der Waals surface area (Å²) in [4.78, 5) is 14.6. The van der Waals surface area contributed by atoms with Crippen molar-refractivity contribution in [3.63, 3.8) is 0 Å². The number of aromatic nitrogens is 1. The first kappa shape index (κ1) is 14.0. The molecule has 6 nitrogen and oxygen atoms in total. The summed E-state index contributed by atoms with van der Waals surface area (Å²) < 4.78 is 0. The van der Waals surface area contributed by atoms with Crippen LogP contribution in [0, 0.1) is 10.8 Å². The Hall–Kier alpha value is -2.37. The fourth-order valence-corrected chi connectivity index (χ4v) is 2.48. The molecule has 0 atom stereocenters. The SMILES string of the molecule is N=C/C(=C\N)C(=N)c1c(NC2CCCC2)cc[nH]c1=O. The number of allylic oxidation sites excluding steroid dienone is 1. The second-order valence-corrected chi connectivity index (χ2v) is 4.86. The zero-order valence-corrected chi connectivity index (χ0v) is 11.2. The van der Waals surface area contributed by atoms with Crippen LogP contribution in [-0.2, 0) is 0 Å². The molecule has 0 amide bonds. The maximum absolute atomic E-state index is 12.0. The van der Waals surface area contributed by atoms with Crippen molar-refractivity contribution >= 4 is 17.6 Å². The van der Waals surface area contributed by atoms with Gasteiger partial charge in [0.2, 0.25) is 0 Å². The van der Waals surface area contributed by atoms with Gasteiger partial charge in [0.05, 0.1) is 17.0 Å². The smallest absolute Gasteiger partial charge is 0.259 e. The van der Waals surface area contributed by atoms with Gasteiger partial charge in [-0.25, -0.2) is 0 Å². The molecule has 0 bridgehead atoms. The molecule has 0 unspecified atom stereocenters. The topological polar surface area (TPSA) is 119 Å². The second-order valence-electron chi connectivity index (χ2n) is 4.86. The van der Waals surface area contributed by atoms with Crippen LogP contribution in [0.2, 0.25) is 0 Å². The van der Waals surface area contributed by atoms with Gasteiger partial charge < -0.3 is 21.4 Å². The Bertz CT molecular complexity index is 596. The highest BCUT2D eigenvalue weighted by Gasteiger charge is 2.19. The molecular weight excluding hydrogens is 254 g/mol. The van der Waals surface area contributed by atoms with Gasteiger partial charge in [0, 0.05) is 30.2 Å². The summed E-state index contributed by atoms with van der Waals surface area (Å²) in [5, 5.41) is 18.7. The molecular formula is C14H19N5O. The van der Waals surface area contributed by atoms with E-state index in [0.717, 1.165) is 19.1 Å². The molecule has 0 aliphatic heterocycles. The summed E-state index contributed by atoms with van der Waals surface area (Å²) in [6.45, 7) is 0. The van der Waals surface area contributed by atoms with E-state index >= 15 is 0 Å². The third-order valence-electron chi connectivity index (χ3n) is 3.55. The van der Waals surface area contributed by atoms with E-state index in [9.17, 15) is 4.79 Å². The van der Waals surface area contributed by atoms with Crippen molar-refractivity contribution < 1.29 is 0 Å². The molecule has 1 aromatic heterocycles. The fourth-order valence-electron chi connectivity index (χ4n) is 2.48. The molecule has 0 spiro atoms. The van der Waals surface area contributed by atoms with Crippen LogP contribution in [0.1, 0.15) is 31.2 Å². The third kappa shape index (κ3) is 2.79. The summed E-state index contributed by atoms with van der Waals surface area (Å²) in [6.07, 6.45) is 8.22. The quantitative estimate of drug-likeness (QED) is 0.524. The van der Waals surface area contributed by atoms with Crippen LogP contribution in [0.15, 0.2) is 28.8 Å². The summed E-state index contributed by atoms with van der Waals surface area (Å²) in [6, 6.07) is 2.09. The maximum atomic E-state index is 12.0. The van der Waals surface area contributed by atoms with Crippen molar-refractivity contribution in [1.29, 1.82) is 10.8 Å². The van der Waals surface area contributed by atoms with Crippen LogP contribution < -0.4 is 16.6 Å². The van der Waals surface area contributed by atoms with E-state index in [-0.39, 0.29) is 22.4 Å². The zero-order chi connectivity index (χ0) is 14.5. The van der Waals surface area contributed by atoms with Gasteiger partial charge in [-0.3, -0.25) is 10.2 Å². The van der Waals surface area contributed by atoms with Crippen LogP contribution >= 0.6 is 0 Å². The van der Waals surface area contributed by atoms with E-state index < -0.39 is 0 Å². The highest BCUT2D eigenvalue weighted by molar-refractivity contribution is 6.23. The summed E-state index contributed by atoms with van der Waals surface area (Å²) in [7, 11) is 0. The number of nitrogens with one attached hydrogen (secondary N) is 4. The number of aromatic amines is 1. The van der Waals surface area contributed by atoms with Gasteiger partial charge in [-0.2, -0.15) is 0 Å². The standard InChI is InChI=1S/C14H19N5O/c15-7-9(8-16)13(17)12-11(5-6-18-14(12)20)19-10-3-1-2-4-10/h5-8,10,15,17H,1-4,16H2,(H2,18,19,20)/b9-8+,15-7?,17-13?. The highest BCUT2D eigenvalue weighted by atomic mass is 16.1. The Morgan fingerprint density at radius 3 is 2.75 bits per heavy atom. The maximum Gasteiger partial charge on any atom is 0.259 e. The van der Waals surface area contributed by atoms with Crippen LogP contribution in [-0.4, -0.2) is 23.0 Å². The Labute approximate surface area is 117 Å². The van der Waals surface area contributed by atoms with Crippen molar-refractivity contribution in [3.8, 4) is 0 Å². The summed E-state index contributed by atoms with van der Waals surface area (Å²) >= 11 is 0. The van der Waals surface area contributed by atoms with E-state index in [1.807, 2.05) is 0 Å². The lowest BCUT2D eigenvalue weighted by Gasteiger charge is -2.16. The Morgan fingerprint density at radius 2 is 2.15 bits per heavy atom. The van der Waals surface area contributed by atoms with E-state index in [1.165, 1.54) is 19.0 Å². The monoisotopic (exact) mass is 273 g/mol. The molecule has 6 heteroatoms. The Morgan fingerprint density at radius 1 is 1.45 bits per heavy atom. The highest BCUT2D eigenvalue weighted by Crippen LogP contribution is 2.23. The third-order valence-corrected chi connectivity index (χ3v) is 3.55. The van der Waals surface area contributed by atoms with Gasteiger partial charge in [0.15, 0.2) is 0 Å². The molecule has 1 aliphatic rings. The molecule has 20 heavy (non-hydrogen) atoms. The molecule has 0 aromatic carbocycles. The lowest BCUT2D eigenvalue weighted by atomic mass is 10.0. The van der Waals surface area contributed by atoms with E-state index in [1.54, 1.807) is 12.3 Å². The van der Waals surface area contributed by atoms with Crippen molar-refractivity contribution in [2.24, 2.45) is 5.73 Å². The van der Waals surface area contributed by atoms with Crippen LogP contribution in [0.3, 0.4) is 0 Å². The van der Waals surface area contributed by atoms with Gasteiger partial charge in [-0.1, -0.05) is 12.8 Å². The minimum absolute atomic E-state index is 0.0372. The summed E-state index contributed by atoms with van der Waals surface area (Å²) in [5.74, 6) is 0. The summed E-state index contributed by atoms with van der Waals surface area (Å²) in [5.41, 5.74) is 6.10. The van der Waals surface area contributed by atoms with Crippen molar-refractivity contribution in [2.45, 2.75) is 31.7 Å². The largest absolute Gasteiger partial charge is 0.404 e. The predicted octanol–water partition coefficient (Wildman–Crippen LogP) is 1.59. The molecule has 0 saturated heterocycles. The molecule has 1 heterocycles. The average molecular weight is 273 g/mol. The second kappa shape index (κ2) is 6.18. The van der Waals surface area contributed by atoms with E-state index in [2.05, 4.69) is 10.3 Å². The van der Waals surface area contributed by atoms with Crippen molar-refractivity contribution in [1.82, 2.24) is 4.98 Å². The lowest BCUT2D eigenvalue weighted by molar-refractivity contribution is 0.754. The normalized spacial score (nSPS) is 16.1. The molecule has 1 saturated carbocycles. The number of H-pyrrole nitrogens is 1. The molecule has 6 N–H and O–H groups in total. The van der Waals surface area contributed by atoms with Gasteiger partial charge >= 0.3 is 0 Å². The Balaban J connectivity index is 2.37. The van der Waals surface area contributed by atoms with Gasteiger partial charge in [-0.05, 0) is 18.9 Å². The number of pyridine rings is 1. The van der Waals surface area contributed by atoms with E-state index in [0.29, 0.717) is 11.7 Å².